The lowest BCUT2D eigenvalue weighted by Gasteiger charge is -2.12. The average molecular weight is 351 g/mol. The normalized spacial score (nSPS) is 10.6. The van der Waals surface area contributed by atoms with Crippen LogP contribution in [0.4, 0.5) is 11.5 Å². The molecule has 0 bridgehead atoms. The molecule has 0 amide bonds. The van der Waals surface area contributed by atoms with Gasteiger partial charge in [0.2, 0.25) is 0 Å². The van der Waals surface area contributed by atoms with Crippen LogP contribution in [0.2, 0.25) is 0 Å². The number of hydrogen-bond donors (Lipinski definition) is 1. The van der Waals surface area contributed by atoms with Crippen molar-refractivity contribution in [2.45, 2.75) is 20.8 Å². The molecule has 3 aromatic rings. The number of nitrogens with one attached hydrogen (secondary N) is 1. The van der Waals surface area contributed by atoms with E-state index in [-0.39, 0.29) is 12.6 Å². The van der Waals surface area contributed by atoms with Gasteiger partial charge in [0.1, 0.15) is 17.4 Å². The van der Waals surface area contributed by atoms with Gasteiger partial charge in [-0.25, -0.2) is 14.8 Å². The van der Waals surface area contributed by atoms with Crippen LogP contribution in [0.1, 0.15) is 18.3 Å². The van der Waals surface area contributed by atoms with Crippen molar-refractivity contribution in [1.82, 2.24) is 9.97 Å². The van der Waals surface area contributed by atoms with E-state index < -0.39 is 0 Å². The molecule has 0 aliphatic heterocycles. The molecule has 2 aromatic carbocycles. The molecule has 0 aliphatic rings. The molecule has 0 fully saturated rings. The second-order valence-corrected chi connectivity index (χ2v) is 5.83. The van der Waals surface area contributed by atoms with E-state index in [1.807, 2.05) is 50.2 Å². The number of ether oxygens (including phenoxy) is 2. The lowest BCUT2D eigenvalue weighted by molar-refractivity contribution is -0.145. The standard InChI is InChI=1S/C20H21N3O3/c1-4-25-18(24)12-26-16-9-6-8-15(11-16)23-20-19-13(2)7-5-10-17(19)21-14(3)22-20/h5-11H,4,12H2,1-3H3,(H,21,22,23). The number of fused-ring (bicyclic) bond motifs is 1. The minimum Gasteiger partial charge on any atom is -0.482 e. The van der Waals surface area contributed by atoms with Crippen molar-refractivity contribution in [2.24, 2.45) is 0 Å². The maximum Gasteiger partial charge on any atom is 0.344 e. The highest BCUT2D eigenvalue weighted by atomic mass is 16.6. The van der Waals surface area contributed by atoms with Crippen LogP contribution >= 0.6 is 0 Å². The number of hydrogen-bond acceptors (Lipinski definition) is 6. The van der Waals surface area contributed by atoms with Crippen molar-refractivity contribution in [3.8, 4) is 5.75 Å². The van der Waals surface area contributed by atoms with E-state index in [4.69, 9.17) is 9.47 Å². The van der Waals surface area contributed by atoms with Gasteiger partial charge in [-0.3, -0.25) is 0 Å². The number of aryl methyl sites for hydroxylation is 2. The van der Waals surface area contributed by atoms with Crippen molar-refractivity contribution < 1.29 is 14.3 Å². The van der Waals surface area contributed by atoms with Gasteiger partial charge in [-0.2, -0.15) is 0 Å². The van der Waals surface area contributed by atoms with E-state index >= 15 is 0 Å². The number of benzene rings is 2. The fourth-order valence-electron chi connectivity index (χ4n) is 2.71. The first kappa shape index (κ1) is 17.7. The highest BCUT2D eigenvalue weighted by molar-refractivity contribution is 5.93. The Morgan fingerprint density at radius 2 is 1.92 bits per heavy atom. The summed E-state index contributed by atoms with van der Waals surface area (Å²) in [6.45, 7) is 5.88. The van der Waals surface area contributed by atoms with Crippen molar-refractivity contribution >= 4 is 28.4 Å². The van der Waals surface area contributed by atoms with Gasteiger partial charge in [0.25, 0.3) is 0 Å². The molecule has 134 valence electrons. The number of aromatic nitrogens is 2. The molecule has 0 aliphatic carbocycles. The van der Waals surface area contributed by atoms with Crippen molar-refractivity contribution in [3.63, 3.8) is 0 Å². The van der Waals surface area contributed by atoms with Crippen LogP contribution in [0.3, 0.4) is 0 Å². The van der Waals surface area contributed by atoms with Crippen LogP contribution in [0, 0.1) is 13.8 Å². The van der Waals surface area contributed by atoms with Crippen molar-refractivity contribution in [2.75, 3.05) is 18.5 Å². The Labute approximate surface area is 152 Å². The Morgan fingerprint density at radius 1 is 1.12 bits per heavy atom. The second-order valence-electron chi connectivity index (χ2n) is 5.83. The van der Waals surface area contributed by atoms with E-state index in [0.29, 0.717) is 18.2 Å². The zero-order chi connectivity index (χ0) is 18.5. The molecular weight excluding hydrogens is 330 g/mol. The maximum atomic E-state index is 11.4. The first-order valence-electron chi connectivity index (χ1n) is 8.46. The predicted molar refractivity (Wildman–Crippen MR) is 101 cm³/mol. The SMILES string of the molecule is CCOC(=O)COc1cccc(Nc2nc(C)nc3cccc(C)c23)c1. The minimum atomic E-state index is -0.390. The molecule has 0 radical (unpaired) electrons. The van der Waals surface area contributed by atoms with Gasteiger partial charge in [0.15, 0.2) is 6.61 Å². The molecule has 1 N–H and O–H groups in total. The van der Waals surface area contributed by atoms with Gasteiger partial charge in [-0.1, -0.05) is 18.2 Å². The number of carbonyl (C=O) groups is 1. The van der Waals surface area contributed by atoms with Crippen LogP contribution in [-0.2, 0) is 9.53 Å². The fraction of sp³-hybridized carbons (Fsp3) is 0.250. The fourth-order valence-corrected chi connectivity index (χ4v) is 2.71. The Balaban J connectivity index is 1.85. The number of esters is 1. The third-order valence-corrected chi connectivity index (χ3v) is 3.80. The van der Waals surface area contributed by atoms with Crippen LogP contribution in [0.15, 0.2) is 42.5 Å². The molecule has 6 nitrogen and oxygen atoms in total. The number of anilines is 2. The largest absolute Gasteiger partial charge is 0.482 e. The zero-order valence-corrected chi connectivity index (χ0v) is 15.1. The highest BCUT2D eigenvalue weighted by Crippen LogP contribution is 2.28. The molecule has 1 heterocycles. The molecule has 6 heteroatoms. The van der Waals surface area contributed by atoms with Gasteiger partial charge < -0.3 is 14.8 Å². The molecule has 0 spiro atoms. The summed E-state index contributed by atoms with van der Waals surface area (Å²) in [5.41, 5.74) is 2.81. The highest BCUT2D eigenvalue weighted by Gasteiger charge is 2.09. The summed E-state index contributed by atoms with van der Waals surface area (Å²) >= 11 is 0. The van der Waals surface area contributed by atoms with Crippen molar-refractivity contribution in [3.05, 3.63) is 53.9 Å². The summed E-state index contributed by atoms with van der Waals surface area (Å²) in [5.74, 6) is 1.63. The lowest BCUT2D eigenvalue weighted by atomic mass is 10.1. The second kappa shape index (κ2) is 7.82. The summed E-state index contributed by atoms with van der Waals surface area (Å²) in [7, 11) is 0. The lowest BCUT2D eigenvalue weighted by Crippen LogP contribution is -2.14. The first-order valence-corrected chi connectivity index (χ1v) is 8.46. The molecular formula is C20H21N3O3. The smallest absolute Gasteiger partial charge is 0.344 e. The van der Waals surface area contributed by atoms with Crippen LogP contribution < -0.4 is 10.1 Å². The Kier molecular flexibility index (Phi) is 5.31. The molecule has 26 heavy (non-hydrogen) atoms. The van der Waals surface area contributed by atoms with Gasteiger partial charge in [0.05, 0.1) is 12.1 Å². The predicted octanol–water partition coefficient (Wildman–Crippen LogP) is 3.93. The number of rotatable bonds is 6. The van der Waals surface area contributed by atoms with Gasteiger partial charge in [-0.05, 0) is 44.5 Å². The maximum absolute atomic E-state index is 11.4. The number of nitrogens with zero attached hydrogens (tertiary/aromatic N) is 2. The summed E-state index contributed by atoms with van der Waals surface area (Å²) in [4.78, 5) is 20.5. The van der Waals surface area contributed by atoms with Gasteiger partial charge >= 0.3 is 5.97 Å². The van der Waals surface area contributed by atoms with E-state index in [0.717, 1.165) is 28.0 Å². The summed E-state index contributed by atoms with van der Waals surface area (Å²) in [5, 5.41) is 4.32. The quantitative estimate of drug-likeness (QED) is 0.678. The van der Waals surface area contributed by atoms with Crippen LogP contribution in [0.5, 0.6) is 5.75 Å². The van der Waals surface area contributed by atoms with Gasteiger partial charge in [-0.15, -0.1) is 0 Å². The molecule has 3 rings (SSSR count). The Morgan fingerprint density at radius 3 is 2.73 bits per heavy atom. The Hall–Kier alpha value is -3.15. The summed E-state index contributed by atoms with van der Waals surface area (Å²) in [6.07, 6.45) is 0. The van der Waals surface area contributed by atoms with E-state index in [9.17, 15) is 4.79 Å². The van der Waals surface area contributed by atoms with E-state index in [2.05, 4.69) is 15.3 Å². The third-order valence-electron chi connectivity index (χ3n) is 3.80. The molecule has 0 atom stereocenters. The van der Waals surface area contributed by atoms with Crippen LogP contribution in [-0.4, -0.2) is 29.2 Å². The Bertz CT molecular complexity index is 941. The van der Waals surface area contributed by atoms with Gasteiger partial charge in [0, 0.05) is 17.1 Å². The van der Waals surface area contributed by atoms with Crippen LogP contribution in [0.25, 0.3) is 10.9 Å². The third kappa shape index (κ3) is 4.08. The first-order chi connectivity index (χ1) is 12.6. The average Bonchev–Trinajstić information content (AvgIpc) is 2.60. The zero-order valence-electron chi connectivity index (χ0n) is 15.1. The summed E-state index contributed by atoms with van der Waals surface area (Å²) < 4.78 is 10.4. The molecule has 0 unspecified atom stereocenters. The molecule has 1 aromatic heterocycles. The summed E-state index contributed by atoms with van der Waals surface area (Å²) in [6, 6.07) is 13.4. The molecule has 0 saturated heterocycles. The van der Waals surface area contributed by atoms with E-state index in [1.165, 1.54) is 0 Å². The minimum absolute atomic E-state index is 0.119. The van der Waals surface area contributed by atoms with E-state index in [1.54, 1.807) is 13.0 Å². The number of carbonyl (C=O) groups excluding carboxylic acids is 1. The monoisotopic (exact) mass is 351 g/mol. The van der Waals surface area contributed by atoms with Crippen molar-refractivity contribution in [1.29, 1.82) is 0 Å². The molecule has 0 saturated carbocycles. The topological polar surface area (TPSA) is 73.3 Å².